The van der Waals surface area contributed by atoms with Gasteiger partial charge in [-0.15, -0.1) is 10.2 Å². The van der Waals surface area contributed by atoms with E-state index in [1.807, 2.05) is 73.7 Å². The minimum absolute atomic E-state index is 0.192. The summed E-state index contributed by atoms with van der Waals surface area (Å²) in [5.41, 5.74) is 3.71. The van der Waals surface area contributed by atoms with E-state index in [-0.39, 0.29) is 23.9 Å². The Morgan fingerprint density at radius 2 is 1.60 bits per heavy atom. The first kappa shape index (κ1) is 30.2. The second-order valence-corrected chi connectivity index (χ2v) is 12.6. The van der Waals surface area contributed by atoms with Gasteiger partial charge in [-0.05, 0) is 73.9 Å². The van der Waals surface area contributed by atoms with Gasteiger partial charge >= 0.3 is 0 Å². The lowest BCUT2D eigenvalue weighted by molar-refractivity contribution is -0.131. The number of hydrogen-bond donors (Lipinski definition) is 0. The molecule has 2 heterocycles. The normalized spacial score (nSPS) is 14.0. The van der Waals surface area contributed by atoms with Crippen LogP contribution in [0, 0.1) is 6.92 Å². The van der Waals surface area contributed by atoms with Crippen molar-refractivity contribution in [2.24, 2.45) is 0 Å². The maximum absolute atomic E-state index is 13.7. The van der Waals surface area contributed by atoms with E-state index >= 15 is 0 Å². The van der Waals surface area contributed by atoms with E-state index in [1.54, 1.807) is 36.3 Å². The largest absolute Gasteiger partial charge is 0.497 e. The van der Waals surface area contributed by atoms with Gasteiger partial charge in [-0.2, -0.15) is 4.31 Å². The van der Waals surface area contributed by atoms with E-state index in [0.717, 1.165) is 46.9 Å². The summed E-state index contributed by atoms with van der Waals surface area (Å²) < 4.78 is 33.9. The van der Waals surface area contributed by atoms with Crippen LogP contribution in [0.3, 0.4) is 0 Å². The van der Waals surface area contributed by atoms with E-state index in [1.165, 1.54) is 4.31 Å². The average molecular weight is 600 g/mol. The Morgan fingerprint density at radius 3 is 2.28 bits per heavy atom. The van der Waals surface area contributed by atoms with Gasteiger partial charge in [0.2, 0.25) is 15.9 Å². The molecule has 1 aliphatic heterocycles. The van der Waals surface area contributed by atoms with E-state index in [0.29, 0.717) is 26.1 Å². The Hall–Kier alpha value is -4.28. The zero-order valence-electron chi connectivity index (χ0n) is 24.6. The number of carbonyl (C=O) groups is 1. The zero-order chi connectivity index (χ0) is 30.2. The summed E-state index contributed by atoms with van der Waals surface area (Å²) in [7, 11) is -2.23. The molecule has 1 amide bonds. The minimum Gasteiger partial charge on any atom is -0.497 e. The fraction of sp³-hybridized carbons (Fsp3) is 0.303. The van der Waals surface area contributed by atoms with Gasteiger partial charge in [-0.25, -0.2) is 8.42 Å². The van der Waals surface area contributed by atoms with Crippen molar-refractivity contribution >= 4 is 21.7 Å². The quantitative estimate of drug-likeness (QED) is 0.266. The van der Waals surface area contributed by atoms with Crippen LogP contribution in [-0.2, 0) is 21.2 Å². The molecule has 10 heteroatoms. The topological polar surface area (TPSA) is 95.9 Å². The number of rotatable bonds is 10. The van der Waals surface area contributed by atoms with Crippen LogP contribution in [0.1, 0.15) is 17.5 Å². The van der Waals surface area contributed by atoms with Crippen molar-refractivity contribution in [2.75, 3.05) is 51.3 Å². The molecule has 1 saturated heterocycles. The van der Waals surface area contributed by atoms with Crippen molar-refractivity contribution in [1.82, 2.24) is 19.4 Å². The van der Waals surface area contributed by atoms with Gasteiger partial charge in [0.15, 0.2) is 5.82 Å². The lowest BCUT2D eigenvalue weighted by Crippen LogP contribution is -2.44. The standard InChI is InChI=1S/C33H37N5O4S/c1-26-9-15-30(16-10-26)43(40,41)38(22-19-27-7-4-3-5-8-27)25-33(39)37-21-6-20-36(23-24-37)32-18-17-31(34-35-32)28-11-13-29(42-2)14-12-28/h3-5,7-18H,6,19-25H2,1-2H3. The zero-order valence-corrected chi connectivity index (χ0v) is 25.4. The van der Waals surface area contributed by atoms with Crippen molar-refractivity contribution in [3.8, 4) is 17.0 Å². The highest BCUT2D eigenvalue weighted by atomic mass is 32.2. The molecule has 0 N–H and O–H groups in total. The third-order valence-electron chi connectivity index (χ3n) is 7.67. The number of amides is 1. The molecule has 0 unspecified atom stereocenters. The maximum atomic E-state index is 13.7. The molecular weight excluding hydrogens is 562 g/mol. The molecule has 1 fully saturated rings. The number of nitrogens with zero attached hydrogens (tertiary/aromatic N) is 5. The Bertz CT molecular complexity index is 1600. The van der Waals surface area contributed by atoms with Gasteiger partial charge in [-0.3, -0.25) is 4.79 Å². The summed E-state index contributed by atoms with van der Waals surface area (Å²) in [4.78, 5) is 17.6. The first-order chi connectivity index (χ1) is 20.8. The number of methoxy groups -OCH3 is 1. The molecule has 43 heavy (non-hydrogen) atoms. The maximum Gasteiger partial charge on any atom is 0.243 e. The van der Waals surface area contributed by atoms with Crippen molar-refractivity contribution < 1.29 is 17.9 Å². The summed E-state index contributed by atoms with van der Waals surface area (Å²) in [6, 6.07) is 28.0. The van der Waals surface area contributed by atoms with Gasteiger partial charge < -0.3 is 14.5 Å². The molecule has 0 saturated carbocycles. The highest BCUT2D eigenvalue weighted by Crippen LogP contribution is 2.23. The summed E-state index contributed by atoms with van der Waals surface area (Å²) in [6.07, 6.45) is 1.25. The third kappa shape index (κ3) is 7.57. The van der Waals surface area contributed by atoms with Gasteiger partial charge in [0.25, 0.3) is 0 Å². The summed E-state index contributed by atoms with van der Waals surface area (Å²) in [5, 5.41) is 8.88. The van der Waals surface area contributed by atoms with Crippen LogP contribution in [-0.4, -0.2) is 80.1 Å². The first-order valence-corrected chi connectivity index (χ1v) is 15.9. The molecule has 9 nitrogen and oxygen atoms in total. The molecule has 0 atom stereocenters. The average Bonchev–Trinajstić information content (AvgIpc) is 3.30. The second kappa shape index (κ2) is 13.8. The van der Waals surface area contributed by atoms with Crippen molar-refractivity contribution in [1.29, 1.82) is 0 Å². The minimum atomic E-state index is -3.87. The van der Waals surface area contributed by atoms with Crippen molar-refractivity contribution in [3.05, 3.63) is 102 Å². The van der Waals surface area contributed by atoms with Crippen molar-refractivity contribution in [2.45, 2.75) is 24.7 Å². The Balaban J connectivity index is 1.25. The highest BCUT2D eigenvalue weighted by molar-refractivity contribution is 7.89. The molecule has 0 spiro atoms. The van der Waals surface area contributed by atoms with Crippen LogP contribution in [0.4, 0.5) is 5.82 Å². The Morgan fingerprint density at radius 1 is 0.860 bits per heavy atom. The van der Waals surface area contributed by atoms with E-state index < -0.39 is 10.0 Å². The van der Waals surface area contributed by atoms with Crippen LogP contribution in [0.25, 0.3) is 11.3 Å². The highest BCUT2D eigenvalue weighted by Gasteiger charge is 2.29. The van der Waals surface area contributed by atoms with E-state index in [9.17, 15) is 13.2 Å². The predicted octanol–water partition coefficient (Wildman–Crippen LogP) is 4.43. The molecule has 4 aromatic rings. The molecule has 5 rings (SSSR count). The summed E-state index contributed by atoms with van der Waals surface area (Å²) >= 11 is 0. The fourth-order valence-corrected chi connectivity index (χ4v) is 6.49. The van der Waals surface area contributed by atoms with Gasteiger partial charge in [-0.1, -0.05) is 48.0 Å². The predicted molar refractivity (Wildman–Crippen MR) is 168 cm³/mol. The van der Waals surface area contributed by atoms with Crippen LogP contribution >= 0.6 is 0 Å². The SMILES string of the molecule is COc1ccc(-c2ccc(N3CCCN(C(=O)CN(CCc4ccccc4)S(=O)(=O)c4ccc(C)cc4)CC3)nn2)cc1. The molecule has 1 aromatic heterocycles. The molecule has 0 bridgehead atoms. The first-order valence-electron chi connectivity index (χ1n) is 14.4. The number of aryl methyl sites for hydroxylation is 1. The van der Waals surface area contributed by atoms with Gasteiger partial charge in [0.05, 0.1) is 24.2 Å². The lowest BCUT2D eigenvalue weighted by Gasteiger charge is -2.27. The van der Waals surface area contributed by atoms with Crippen LogP contribution in [0.2, 0.25) is 0 Å². The number of ether oxygens (including phenoxy) is 1. The number of anilines is 1. The lowest BCUT2D eigenvalue weighted by atomic mass is 10.1. The summed E-state index contributed by atoms with van der Waals surface area (Å²) in [5.74, 6) is 1.33. The number of benzene rings is 3. The monoisotopic (exact) mass is 599 g/mol. The number of carbonyl (C=O) groups excluding carboxylic acids is 1. The van der Waals surface area contributed by atoms with Crippen LogP contribution in [0.5, 0.6) is 5.75 Å². The van der Waals surface area contributed by atoms with Crippen LogP contribution in [0.15, 0.2) is 95.9 Å². The number of hydrogen-bond acceptors (Lipinski definition) is 7. The van der Waals surface area contributed by atoms with Crippen molar-refractivity contribution in [3.63, 3.8) is 0 Å². The number of sulfonamides is 1. The van der Waals surface area contributed by atoms with Gasteiger partial charge in [0.1, 0.15) is 5.75 Å². The molecule has 0 radical (unpaired) electrons. The smallest absolute Gasteiger partial charge is 0.243 e. The Kier molecular flexibility index (Phi) is 9.68. The summed E-state index contributed by atoms with van der Waals surface area (Å²) in [6.45, 7) is 4.23. The molecule has 224 valence electrons. The fourth-order valence-electron chi connectivity index (χ4n) is 5.10. The number of aromatic nitrogens is 2. The molecule has 1 aliphatic rings. The molecular formula is C33H37N5O4S. The van der Waals surface area contributed by atoms with E-state index in [2.05, 4.69) is 15.1 Å². The van der Waals surface area contributed by atoms with E-state index in [4.69, 9.17) is 4.74 Å². The molecule has 3 aromatic carbocycles. The third-order valence-corrected chi connectivity index (χ3v) is 9.53. The second-order valence-electron chi connectivity index (χ2n) is 10.6. The van der Waals surface area contributed by atoms with Crippen LogP contribution < -0.4 is 9.64 Å². The Labute approximate surface area is 253 Å². The van der Waals surface area contributed by atoms with Gasteiger partial charge in [0, 0.05) is 38.3 Å². The molecule has 0 aliphatic carbocycles.